The molecule has 0 aliphatic rings. The van der Waals surface area contributed by atoms with Gasteiger partial charge in [0.15, 0.2) is 0 Å². The van der Waals surface area contributed by atoms with E-state index in [-0.39, 0.29) is 5.41 Å². The molecule has 5 heteroatoms. The standard InChI is InChI=1S/C15H20N4S/c1-15(2,3)14-18-12(16)9-13(19-14)17-10-6-5-7-11(8-10)20-4/h5-9H,1-4H3,(H3,16,17,18,19). The monoisotopic (exact) mass is 288 g/mol. The molecule has 0 aliphatic heterocycles. The Morgan fingerprint density at radius 3 is 2.55 bits per heavy atom. The van der Waals surface area contributed by atoms with Gasteiger partial charge in [0.25, 0.3) is 0 Å². The molecule has 1 aromatic heterocycles. The van der Waals surface area contributed by atoms with E-state index < -0.39 is 0 Å². The van der Waals surface area contributed by atoms with Crippen LogP contribution in [0.1, 0.15) is 26.6 Å². The van der Waals surface area contributed by atoms with Gasteiger partial charge in [0, 0.05) is 22.1 Å². The molecule has 0 atom stereocenters. The molecule has 3 N–H and O–H groups in total. The van der Waals surface area contributed by atoms with E-state index in [4.69, 9.17) is 5.73 Å². The van der Waals surface area contributed by atoms with Gasteiger partial charge in [-0.05, 0) is 24.5 Å². The van der Waals surface area contributed by atoms with Gasteiger partial charge in [-0.25, -0.2) is 9.97 Å². The molecule has 2 rings (SSSR count). The number of thioether (sulfide) groups is 1. The van der Waals surface area contributed by atoms with Crippen LogP contribution in [-0.2, 0) is 5.41 Å². The number of nitrogen functional groups attached to an aromatic ring is 1. The van der Waals surface area contributed by atoms with Crippen LogP contribution < -0.4 is 11.1 Å². The molecule has 0 unspecified atom stereocenters. The van der Waals surface area contributed by atoms with Crippen LogP contribution in [-0.4, -0.2) is 16.2 Å². The predicted octanol–water partition coefficient (Wildman–Crippen LogP) is 3.82. The normalized spacial score (nSPS) is 11.4. The Labute approximate surface area is 124 Å². The minimum atomic E-state index is -0.132. The van der Waals surface area contributed by atoms with Gasteiger partial charge in [-0.2, -0.15) is 0 Å². The van der Waals surface area contributed by atoms with Crippen molar-refractivity contribution in [3.05, 3.63) is 36.2 Å². The summed E-state index contributed by atoms with van der Waals surface area (Å²) in [4.78, 5) is 10.1. The second kappa shape index (κ2) is 5.71. The average Bonchev–Trinajstić information content (AvgIpc) is 2.37. The smallest absolute Gasteiger partial charge is 0.138 e. The number of nitrogens with two attached hydrogens (primary N) is 1. The molecule has 0 amide bonds. The van der Waals surface area contributed by atoms with Crippen molar-refractivity contribution in [3.8, 4) is 0 Å². The highest BCUT2D eigenvalue weighted by atomic mass is 32.2. The first kappa shape index (κ1) is 14.7. The van der Waals surface area contributed by atoms with E-state index in [9.17, 15) is 0 Å². The number of aromatic nitrogens is 2. The zero-order valence-corrected chi connectivity index (χ0v) is 13.1. The lowest BCUT2D eigenvalue weighted by atomic mass is 9.96. The van der Waals surface area contributed by atoms with Gasteiger partial charge in [0.2, 0.25) is 0 Å². The van der Waals surface area contributed by atoms with Crippen LogP contribution in [0.5, 0.6) is 0 Å². The van der Waals surface area contributed by atoms with Crippen molar-refractivity contribution in [2.75, 3.05) is 17.3 Å². The van der Waals surface area contributed by atoms with Gasteiger partial charge in [-0.1, -0.05) is 26.8 Å². The topological polar surface area (TPSA) is 63.8 Å². The predicted molar refractivity (Wildman–Crippen MR) is 86.7 cm³/mol. The molecular weight excluding hydrogens is 268 g/mol. The first-order valence-corrected chi connectivity index (χ1v) is 7.67. The Hall–Kier alpha value is -1.75. The number of rotatable bonds is 3. The summed E-state index contributed by atoms with van der Waals surface area (Å²) >= 11 is 1.71. The number of benzene rings is 1. The largest absolute Gasteiger partial charge is 0.384 e. The fourth-order valence-electron chi connectivity index (χ4n) is 1.71. The summed E-state index contributed by atoms with van der Waals surface area (Å²) in [5.74, 6) is 1.94. The Balaban J connectivity index is 2.31. The SMILES string of the molecule is CSc1cccc(Nc2cc(N)nc(C(C)(C)C)n2)c1. The van der Waals surface area contributed by atoms with Gasteiger partial charge in [0.05, 0.1) is 0 Å². The molecule has 0 saturated carbocycles. The van der Waals surface area contributed by atoms with Crippen molar-refractivity contribution >= 4 is 29.1 Å². The third kappa shape index (κ3) is 3.63. The fourth-order valence-corrected chi connectivity index (χ4v) is 2.17. The molecule has 1 heterocycles. The minimum Gasteiger partial charge on any atom is -0.384 e. The summed E-state index contributed by atoms with van der Waals surface area (Å²) in [7, 11) is 0. The lowest BCUT2D eigenvalue weighted by molar-refractivity contribution is 0.547. The van der Waals surface area contributed by atoms with Gasteiger partial charge >= 0.3 is 0 Å². The molecule has 0 aliphatic carbocycles. The third-order valence-electron chi connectivity index (χ3n) is 2.76. The summed E-state index contributed by atoms with van der Waals surface area (Å²) in [6, 6.07) is 9.93. The van der Waals surface area contributed by atoms with E-state index in [1.165, 1.54) is 4.90 Å². The molecule has 4 nitrogen and oxygen atoms in total. The fraction of sp³-hybridized carbons (Fsp3) is 0.333. The lowest BCUT2D eigenvalue weighted by Crippen LogP contribution is -2.17. The van der Waals surface area contributed by atoms with Crippen molar-refractivity contribution in [3.63, 3.8) is 0 Å². The molecule has 0 spiro atoms. The molecule has 0 bridgehead atoms. The number of nitrogens with zero attached hydrogens (tertiary/aromatic N) is 2. The maximum atomic E-state index is 5.87. The molecular formula is C15H20N4S. The Bertz CT molecular complexity index is 605. The zero-order chi connectivity index (χ0) is 14.8. The maximum absolute atomic E-state index is 5.87. The molecule has 0 radical (unpaired) electrons. The van der Waals surface area contributed by atoms with E-state index in [1.807, 2.05) is 12.1 Å². The van der Waals surface area contributed by atoms with Crippen LogP contribution in [0.2, 0.25) is 0 Å². The van der Waals surface area contributed by atoms with Crippen LogP contribution in [0, 0.1) is 0 Å². The number of anilines is 3. The Morgan fingerprint density at radius 1 is 1.15 bits per heavy atom. The van der Waals surface area contributed by atoms with Gasteiger partial charge in [-0.15, -0.1) is 11.8 Å². The molecule has 0 fully saturated rings. The van der Waals surface area contributed by atoms with E-state index in [0.29, 0.717) is 5.82 Å². The van der Waals surface area contributed by atoms with Crippen LogP contribution in [0.15, 0.2) is 35.2 Å². The summed E-state index contributed by atoms with van der Waals surface area (Å²) in [5, 5.41) is 3.29. The van der Waals surface area contributed by atoms with Crippen molar-refractivity contribution in [1.82, 2.24) is 9.97 Å². The summed E-state index contributed by atoms with van der Waals surface area (Å²) in [6.45, 7) is 6.21. The quantitative estimate of drug-likeness (QED) is 0.841. The number of hydrogen-bond donors (Lipinski definition) is 2. The van der Waals surface area contributed by atoms with Gasteiger partial charge < -0.3 is 11.1 Å². The second-order valence-electron chi connectivity index (χ2n) is 5.61. The van der Waals surface area contributed by atoms with Crippen LogP contribution in [0.25, 0.3) is 0 Å². The van der Waals surface area contributed by atoms with E-state index in [2.05, 4.69) is 54.4 Å². The number of nitrogens with one attached hydrogen (secondary N) is 1. The summed E-state index contributed by atoms with van der Waals surface area (Å²) in [6.07, 6.45) is 2.06. The maximum Gasteiger partial charge on any atom is 0.138 e. The second-order valence-corrected chi connectivity index (χ2v) is 6.49. The van der Waals surface area contributed by atoms with E-state index in [0.717, 1.165) is 17.3 Å². The summed E-state index contributed by atoms with van der Waals surface area (Å²) < 4.78 is 0. The van der Waals surface area contributed by atoms with Gasteiger partial charge in [0.1, 0.15) is 17.5 Å². The molecule has 1 aromatic carbocycles. The van der Waals surface area contributed by atoms with Crippen LogP contribution in [0.4, 0.5) is 17.3 Å². The highest BCUT2D eigenvalue weighted by molar-refractivity contribution is 7.98. The Morgan fingerprint density at radius 2 is 1.90 bits per heavy atom. The zero-order valence-electron chi connectivity index (χ0n) is 12.3. The third-order valence-corrected chi connectivity index (χ3v) is 3.48. The van der Waals surface area contributed by atoms with Crippen LogP contribution in [0.3, 0.4) is 0 Å². The highest BCUT2D eigenvalue weighted by Gasteiger charge is 2.18. The number of hydrogen-bond acceptors (Lipinski definition) is 5. The van der Waals surface area contributed by atoms with Crippen molar-refractivity contribution in [2.24, 2.45) is 0 Å². The first-order chi connectivity index (χ1) is 9.38. The molecule has 20 heavy (non-hydrogen) atoms. The summed E-state index contributed by atoms with van der Waals surface area (Å²) in [5.41, 5.74) is 6.73. The van der Waals surface area contributed by atoms with Crippen LogP contribution >= 0.6 is 11.8 Å². The van der Waals surface area contributed by atoms with E-state index in [1.54, 1.807) is 17.8 Å². The van der Waals surface area contributed by atoms with Crippen molar-refractivity contribution < 1.29 is 0 Å². The van der Waals surface area contributed by atoms with Crippen molar-refractivity contribution in [2.45, 2.75) is 31.1 Å². The van der Waals surface area contributed by atoms with Gasteiger partial charge in [-0.3, -0.25) is 0 Å². The van der Waals surface area contributed by atoms with Crippen molar-refractivity contribution in [1.29, 1.82) is 0 Å². The molecule has 0 saturated heterocycles. The molecule has 106 valence electrons. The highest BCUT2D eigenvalue weighted by Crippen LogP contribution is 2.25. The first-order valence-electron chi connectivity index (χ1n) is 6.44. The average molecular weight is 288 g/mol. The molecule has 2 aromatic rings. The Kier molecular flexibility index (Phi) is 4.18. The minimum absolute atomic E-state index is 0.132. The lowest BCUT2D eigenvalue weighted by Gasteiger charge is -2.18. The van der Waals surface area contributed by atoms with E-state index >= 15 is 0 Å².